The Bertz CT molecular complexity index is 459. The van der Waals surface area contributed by atoms with Crippen LogP contribution in [0.25, 0.3) is 0 Å². The highest BCUT2D eigenvalue weighted by Gasteiger charge is 2.18. The van der Waals surface area contributed by atoms with Gasteiger partial charge in [0.15, 0.2) is 11.5 Å². The highest BCUT2D eigenvalue weighted by molar-refractivity contribution is 5.78. The summed E-state index contributed by atoms with van der Waals surface area (Å²) >= 11 is 0. The number of carbonyl (C=O) groups excluding carboxylic acids is 1. The van der Waals surface area contributed by atoms with Gasteiger partial charge in [-0.1, -0.05) is 26.3 Å². The molecule has 1 aliphatic heterocycles. The maximum Gasteiger partial charge on any atom is 0.231 e. The Morgan fingerprint density at radius 2 is 2.11 bits per heavy atom. The van der Waals surface area contributed by atoms with E-state index in [1.165, 1.54) is 0 Å². The average Bonchev–Trinajstić information content (AvgIpc) is 2.85. The van der Waals surface area contributed by atoms with Gasteiger partial charge in [-0.3, -0.25) is 4.79 Å². The van der Waals surface area contributed by atoms with Crippen LogP contribution < -0.4 is 9.47 Å². The lowest BCUT2D eigenvalue weighted by Gasteiger charge is -2.21. The molecule has 19 heavy (non-hydrogen) atoms. The molecular formula is C15H21NO3. The zero-order chi connectivity index (χ0) is 13.8. The third-order valence-electron chi connectivity index (χ3n) is 3.38. The molecule has 1 heterocycles. The Hall–Kier alpha value is -1.71. The minimum Gasteiger partial charge on any atom is -0.454 e. The number of rotatable bonds is 5. The highest BCUT2D eigenvalue weighted by Crippen LogP contribution is 2.32. The predicted molar refractivity (Wildman–Crippen MR) is 73.1 cm³/mol. The molecule has 4 heteroatoms. The zero-order valence-corrected chi connectivity index (χ0v) is 11.8. The Kier molecular flexibility index (Phi) is 4.30. The maximum atomic E-state index is 12.1. The first-order chi connectivity index (χ1) is 9.11. The molecule has 1 aromatic rings. The first-order valence-electron chi connectivity index (χ1n) is 6.75. The van der Waals surface area contributed by atoms with Crippen LogP contribution in [0.15, 0.2) is 18.2 Å². The molecule has 0 aromatic heterocycles. The molecule has 1 atom stereocenters. The van der Waals surface area contributed by atoms with Gasteiger partial charge in [-0.15, -0.1) is 0 Å². The van der Waals surface area contributed by atoms with E-state index in [2.05, 4.69) is 6.92 Å². The molecule has 0 saturated carbocycles. The smallest absolute Gasteiger partial charge is 0.231 e. The second kappa shape index (κ2) is 5.95. The molecule has 0 radical (unpaired) electrons. The Balaban J connectivity index is 1.98. The molecule has 4 nitrogen and oxygen atoms in total. The van der Waals surface area contributed by atoms with Gasteiger partial charge >= 0.3 is 0 Å². The lowest BCUT2D eigenvalue weighted by atomic mass is 10.0. The van der Waals surface area contributed by atoms with Gasteiger partial charge in [0.25, 0.3) is 0 Å². The third kappa shape index (κ3) is 3.19. The Labute approximate surface area is 114 Å². The van der Waals surface area contributed by atoms with Gasteiger partial charge in [0.2, 0.25) is 12.7 Å². The van der Waals surface area contributed by atoms with E-state index in [0.717, 1.165) is 29.9 Å². The summed E-state index contributed by atoms with van der Waals surface area (Å²) < 4.78 is 10.6. The summed E-state index contributed by atoms with van der Waals surface area (Å²) in [5.41, 5.74) is 1.06. The van der Waals surface area contributed by atoms with Crippen LogP contribution in [-0.2, 0) is 11.3 Å². The highest BCUT2D eigenvalue weighted by atomic mass is 16.7. The van der Waals surface area contributed by atoms with Gasteiger partial charge in [-0.05, 0) is 24.1 Å². The van der Waals surface area contributed by atoms with Crippen molar-refractivity contribution in [3.8, 4) is 11.5 Å². The van der Waals surface area contributed by atoms with Crippen LogP contribution >= 0.6 is 0 Å². The molecule has 0 fully saturated rings. The van der Waals surface area contributed by atoms with Crippen LogP contribution in [0.1, 0.15) is 32.3 Å². The summed E-state index contributed by atoms with van der Waals surface area (Å²) in [6, 6.07) is 5.81. The van der Waals surface area contributed by atoms with Crippen molar-refractivity contribution in [1.29, 1.82) is 0 Å². The number of amides is 1. The first-order valence-corrected chi connectivity index (χ1v) is 6.75. The van der Waals surface area contributed by atoms with Crippen molar-refractivity contribution in [3.05, 3.63) is 23.8 Å². The molecule has 1 aromatic carbocycles. The number of hydrogen-bond acceptors (Lipinski definition) is 3. The van der Waals surface area contributed by atoms with Crippen LogP contribution in [0.3, 0.4) is 0 Å². The normalized spacial score (nSPS) is 14.3. The van der Waals surface area contributed by atoms with Gasteiger partial charge < -0.3 is 14.4 Å². The minimum atomic E-state index is 0.0870. The van der Waals surface area contributed by atoms with Gasteiger partial charge in [-0.25, -0.2) is 0 Å². The molecule has 1 aliphatic rings. The number of benzene rings is 1. The van der Waals surface area contributed by atoms with Gasteiger partial charge in [-0.2, -0.15) is 0 Å². The fourth-order valence-electron chi connectivity index (χ4n) is 2.32. The lowest BCUT2D eigenvalue weighted by Crippen LogP contribution is -2.31. The van der Waals surface area contributed by atoms with Crippen molar-refractivity contribution in [2.24, 2.45) is 5.92 Å². The minimum absolute atomic E-state index is 0.0870. The fourth-order valence-corrected chi connectivity index (χ4v) is 2.32. The summed E-state index contributed by atoms with van der Waals surface area (Å²) in [4.78, 5) is 13.9. The summed E-state index contributed by atoms with van der Waals surface area (Å²) in [6.45, 7) is 4.97. The van der Waals surface area contributed by atoms with Crippen LogP contribution in [0.5, 0.6) is 11.5 Å². The van der Waals surface area contributed by atoms with Crippen molar-refractivity contribution < 1.29 is 14.3 Å². The first kappa shape index (κ1) is 13.7. The predicted octanol–water partition coefficient (Wildman–Crippen LogP) is 2.81. The van der Waals surface area contributed by atoms with E-state index in [0.29, 0.717) is 6.54 Å². The van der Waals surface area contributed by atoms with Crippen molar-refractivity contribution in [2.45, 2.75) is 33.2 Å². The van der Waals surface area contributed by atoms with E-state index in [4.69, 9.17) is 9.47 Å². The number of hydrogen-bond donors (Lipinski definition) is 0. The monoisotopic (exact) mass is 263 g/mol. The molecule has 0 spiro atoms. The van der Waals surface area contributed by atoms with E-state index in [1.807, 2.05) is 32.2 Å². The Morgan fingerprint density at radius 1 is 1.37 bits per heavy atom. The van der Waals surface area contributed by atoms with Gasteiger partial charge in [0.1, 0.15) is 0 Å². The van der Waals surface area contributed by atoms with E-state index in [9.17, 15) is 4.79 Å². The van der Waals surface area contributed by atoms with Crippen molar-refractivity contribution >= 4 is 5.91 Å². The number of carbonyl (C=O) groups is 1. The van der Waals surface area contributed by atoms with Gasteiger partial charge in [0, 0.05) is 19.5 Å². The summed E-state index contributed by atoms with van der Waals surface area (Å²) in [5.74, 6) is 1.82. The maximum absolute atomic E-state index is 12.1. The van der Waals surface area contributed by atoms with E-state index in [-0.39, 0.29) is 18.6 Å². The Morgan fingerprint density at radius 3 is 2.84 bits per heavy atom. The topological polar surface area (TPSA) is 38.8 Å². The third-order valence-corrected chi connectivity index (χ3v) is 3.38. The fraction of sp³-hybridized carbons (Fsp3) is 0.533. The van der Waals surface area contributed by atoms with E-state index < -0.39 is 0 Å². The number of fused-ring (bicyclic) bond motifs is 1. The van der Waals surface area contributed by atoms with E-state index >= 15 is 0 Å². The molecule has 1 amide bonds. The largest absolute Gasteiger partial charge is 0.454 e. The van der Waals surface area contributed by atoms with Gasteiger partial charge in [0.05, 0.1) is 0 Å². The molecule has 0 aliphatic carbocycles. The van der Waals surface area contributed by atoms with Crippen molar-refractivity contribution in [1.82, 2.24) is 4.90 Å². The summed E-state index contributed by atoms with van der Waals surface area (Å²) in [7, 11) is 1.85. The molecule has 104 valence electrons. The molecule has 0 bridgehead atoms. The average molecular weight is 263 g/mol. The van der Waals surface area contributed by atoms with Crippen molar-refractivity contribution in [3.63, 3.8) is 0 Å². The van der Waals surface area contributed by atoms with Crippen LogP contribution in [-0.4, -0.2) is 24.6 Å². The second-order valence-corrected chi connectivity index (χ2v) is 5.07. The lowest BCUT2D eigenvalue weighted by molar-refractivity contribution is -0.134. The zero-order valence-electron chi connectivity index (χ0n) is 11.8. The number of nitrogens with zero attached hydrogens (tertiary/aromatic N) is 1. The molecule has 2 rings (SSSR count). The van der Waals surface area contributed by atoms with Crippen molar-refractivity contribution in [2.75, 3.05) is 13.8 Å². The quantitative estimate of drug-likeness (QED) is 0.820. The molecule has 1 unspecified atom stereocenters. The standard InChI is InChI=1S/C15H21NO3/c1-4-5-11(2)15(17)16(3)9-12-6-7-13-14(8-12)19-10-18-13/h6-8,11H,4-5,9-10H2,1-3H3. The summed E-state index contributed by atoms with van der Waals surface area (Å²) in [5, 5.41) is 0. The molecule has 0 saturated heterocycles. The van der Waals surface area contributed by atoms with Crippen LogP contribution in [0.4, 0.5) is 0 Å². The summed E-state index contributed by atoms with van der Waals surface area (Å²) in [6.07, 6.45) is 1.97. The van der Waals surface area contributed by atoms with E-state index in [1.54, 1.807) is 4.90 Å². The molecular weight excluding hydrogens is 242 g/mol. The SMILES string of the molecule is CCCC(C)C(=O)N(C)Cc1ccc2c(c1)OCO2. The van der Waals surface area contributed by atoms with Crippen LogP contribution in [0.2, 0.25) is 0 Å². The number of ether oxygens (including phenoxy) is 2. The molecule has 0 N–H and O–H groups in total. The second-order valence-electron chi connectivity index (χ2n) is 5.07. The van der Waals surface area contributed by atoms with Crippen LogP contribution in [0, 0.1) is 5.92 Å².